The minimum Gasteiger partial charge on any atom is -0.462 e. The maximum atomic E-state index is 9.30. The molecule has 0 aromatic heterocycles. The van der Waals surface area contributed by atoms with Crippen molar-refractivity contribution in [3.05, 3.63) is 75.5 Å². The molecular formula is C30H31N3O2. The number of hydrogen-bond acceptors (Lipinski definition) is 5. The molecule has 4 aliphatic heterocycles. The molecule has 178 valence electrons. The molecule has 0 saturated heterocycles. The molecule has 0 amide bonds. The zero-order chi connectivity index (χ0) is 25.1. The summed E-state index contributed by atoms with van der Waals surface area (Å²) in [5.74, 6) is 2.79. The molecule has 35 heavy (non-hydrogen) atoms. The number of anilines is 1. The molecule has 4 aliphatic rings. The van der Waals surface area contributed by atoms with Crippen molar-refractivity contribution in [2.24, 2.45) is 0 Å². The van der Waals surface area contributed by atoms with E-state index < -0.39 is 0 Å². The van der Waals surface area contributed by atoms with Crippen molar-refractivity contribution in [1.29, 1.82) is 10.5 Å². The van der Waals surface area contributed by atoms with E-state index >= 15 is 0 Å². The highest BCUT2D eigenvalue weighted by atomic mass is 16.5. The Morgan fingerprint density at radius 3 is 2.34 bits per heavy atom. The van der Waals surface area contributed by atoms with Crippen molar-refractivity contribution >= 4 is 11.3 Å². The van der Waals surface area contributed by atoms with Crippen LogP contribution in [0, 0.1) is 22.7 Å². The molecule has 4 heterocycles. The minimum atomic E-state index is -0.00753. The summed E-state index contributed by atoms with van der Waals surface area (Å²) in [7, 11) is 0. The van der Waals surface area contributed by atoms with E-state index in [2.05, 4.69) is 45.6 Å². The average Bonchev–Trinajstić information content (AvgIpc) is 2.77. The molecule has 0 N–H and O–H groups in total. The van der Waals surface area contributed by atoms with Gasteiger partial charge in [0.2, 0.25) is 0 Å². The Bertz CT molecular complexity index is 1370. The second kappa shape index (κ2) is 7.92. The van der Waals surface area contributed by atoms with E-state index in [4.69, 9.17) is 9.47 Å². The van der Waals surface area contributed by atoms with Gasteiger partial charge >= 0.3 is 0 Å². The lowest BCUT2D eigenvalue weighted by molar-refractivity contribution is 0.313. The molecule has 0 unspecified atom stereocenters. The zero-order valence-corrected chi connectivity index (χ0v) is 21.4. The Morgan fingerprint density at radius 1 is 0.971 bits per heavy atom. The van der Waals surface area contributed by atoms with Crippen molar-refractivity contribution in [3.8, 4) is 17.9 Å². The standard InChI is InChI=1S/C30H31N3O2/c1-18-11-22(14-23-13-20(12-19(2)34-23)21(16-31)17-32)35-28-24(18)15-25-27-26(28)30(5,6)8-10-33(27)9-7-29(25,3)4/h11-15H,7-10H2,1-6H3. The molecular weight excluding hydrogens is 434 g/mol. The lowest BCUT2D eigenvalue weighted by atomic mass is 9.68. The topological polar surface area (TPSA) is 69.3 Å². The maximum Gasteiger partial charge on any atom is 0.140 e. The number of nitriles is 2. The second-order valence-corrected chi connectivity index (χ2v) is 11.2. The molecule has 0 spiro atoms. The Morgan fingerprint density at radius 2 is 1.66 bits per heavy atom. The molecule has 5 rings (SSSR count). The third-order valence-corrected chi connectivity index (χ3v) is 7.72. The van der Waals surface area contributed by atoms with Crippen LogP contribution >= 0.6 is 0 Å². The van der Waals surface area contributed by atoms with Gasteiger partial charge < -0.3 is 14.4 Å². The molecule has 0 saturated carbocycles. The van der Waals surface area contributed by atoms with Gasteiger partial charge in [0, 0.05) is 41.6 Å². The first kappa shape index (κ1) is 23.1. The van der Waals surface area contributed by atoms with Gasteiger partial charge in [-0.3, -0.25) is 0 Å². The normalized spacial score (nSPS) is 22.3. The Kier molecular flexibility index (Phi) is 5.22. The highest BCUT2D eigenvalue weighted by Crippen LogP contribution is 2.55. The molecule has 5 heteroatoms. The van der Waals surface area contributed by atoms with Crippen LogP contribution in [-0.2, 0) is 15.6 Å². The van der Waals surface area contributed by atoms with Gasteiger partial charge in [0.1, 0.15) is 40.7 Å². The first-order valence-electron chi connectivity index (χ1n) is 12.2. The predicted octanol–water partition coefficient (Wildman–Crippen LogP) is 6.70. The van der Waals surface area contributed by atoms with E-state index in [0.717, 1.165) is 42.8 Å². The summed E-state index contributed by atoms with van der Waals surface area (Å²) < 4.78 is 12.5. The van der Waals surface area contributed by atoms with E-state index in [1.807, 2.05) is 31.2 Å². The summed E-state index contributed by atoms with van der Waals surface area (Å²) in [6, 6.07) is 6.27. The number of allylic oxidation sites excluding steroid dienone is 8. The highest BCUT2D eigenvalue weighted by molar-refractivity contribution is 5.83. The average molecular weight is 466 g/mol. The molecule has 0 radical (unpaired) electrons. The third-order valence-electron chi connectivity index (χ3n) is 7.72. The molecule has 0 bridgehead atoms. The number of ether oxygens (including phenoxy) is 2. The van der Waals surface area contributed by atoms with Gasteiger partial charge in [-0.2, -0.15) is 10.5 Å². The molecule has 5 nitrogen and oxygen atoms in total. The molecule has 0 fully saturated rings. The second-order valence-electron chi connectivity index (χ2n) is 11.2. The Hall–Kier alpha value is -3.70. The van der Waals surface area contributed by atoms with Crippen LogP contribution < -0.4 is 9.64 Å². The van der Waals surface area contributed by atoms with Crippen LogP contribution in [0.2, 0.25) is 0 Å². The number of hydrogen-bond donors (Lipinski definition) is 0. The summed E-state index contributed by atoms with van der Waals surface area (Å²) in [5.41, 5.74) is 7.11. The molecule has 0 atom stereocenters. The SMILES string of the molecule is CC1=CC(=C(C#N)C#N)C=C(C=C2C=C(C)c3cc4c5c(c3O2)C(C)(C)CCN5CCC4(C)C)O1. The number of rotatable bonds is 1. The van der Waals surface area contributed by atoms with Crippen LogP contribution in [0.15, 0.2) is 58.8 Å². The fourth-order valence-corrected chi connectivity index (χ4v) is 5.63. The fourth-order valence-electron chi connectivity index (χ4n) is 5.63. The highest BCUT2D eigenvalue weighted by Gasteiger charge is 2.43. The summed E-state index contributed by atoms with van der Waals surface area (Å²) in [5, 5.41) is 18.6. The van der Waals surface area contributed by atoms with E-state index in [-0.39, 0.29) is 16.4 Å². The summed E-state index contributed by atoms with van der Waals surface area (Å²) in [6.45, 7) is 15.4. The van der Waals surface area contributed by atoms with Crippen molar-refractivity contribution < 1.29 is 9.47 Å². The van der Waals surface area contributed by atoms with Crippen molar-refractivity contribution in [3.63, 3.8) is 0 Å². The first-order chi connectivity index (χ1) is 16.5. The third kappa shape index (κ3) is 3.76. The summed E-state index contributed by atoms with van der Waals surface area (Å²) in [4.78, 5) is 2.55. The number of fused-ring (bicyclic) bond motifs is 2. The first-order valence-corrected chi connectivity index (χ1v) is 12.2. The molecule has 1 aromatic carbocycles. The van der Waals surface area contributed by atoms with Gasteiger partial charge in [-0.05, 0) is 73.0 Å². The smallest absolute Gasteiger partial charge is 0.140 e. The van der Waals surface area contributed by atoms with Crippen molar-refractivity contribution in [2.75, 3.05) is 18.0 Å². The van der Waals surface area contributed by atoms with Crippen LogP contribution in [0.1, 0.15) is 71.1 Å². The van der Waals surface area contributed by atoms with Gasteiger partial charge in [-0.25, -0.2) is 0 Å². The maximum absolute atomic E-state index is 9.30. The lowest BCUT2D eigenvalue weighted by Crippen LogP contribution is -2.45. The number of benzene rings is 1. The largest absolute Gasteiger partial charge is 0.462 e. The van der Waals surface area contributed by atoms with Gasteiger partial charge in [-0.1, -0.05) is 27.7 Å². The molecule has 0 aliphatic carbocycles. The zero-order valence-electron chi connectivity index (χ0n) is 21.4. The van der Waals surface area contributed by atoms with Gasteiger partial charge in [0.15, 0.2) is 0 Å². The van der Waals surface area contributed by atoms with Crippen molar-refractivity contribution in [2.45, 2.75) is 65.2 Å². The van der Waals surface area contributed by atoms with Crippen LogP contribution in [0.25, 0.3) is 5.57 Å². The summed E-state index contributed by atoms with van der Waals surface area (Å²) in [6.07, 6.45) is 9.54. The molecule has 1 aromatic rings. The van der Waals surface area contributed by atoms with Crippen LogP contribution in [0.5, 0.6) is 5.75 Å². The quantitative estimate of drug-likeness (QED) is 0.432. The van der Waals surface area contributed by atoms with Crippen molar-refractivity contribution in [1.82, 2.24) is 0 Å². The monoisotopic (exact) mass is 465 g/mol. The summed E-state index contributed by atoms with van der Waals surface area (Å²) >= 11 is 0. The van der Waals surface area contributed by atoms with E-state index in [1.165, 1.54) is 16.8 Å². The minimum absolute atomic E-state index is 0.00753. The fraction of sp³-hybridized carbons (Fsp3) is 0.400. The Balaban J connectivity index is 1.66. The van der Waals surface area contributed by atoms with Crippen LogP contribution in [0.3, 0.4) is 0 Å². The van der Waals surface area contributed by atoms with Gasteiger partial charge in [0.05, 0.1) is 0 Å². The predicted molar refractivity (Wildman–Crippen MR) is 137 cm³/mol. The van der Waals surface area contributed by atoms with E-state index in [0.29, 0.717) is 22.9 Å². The van der Waals surface area contributed by atoms with E-state index in [9.17, 15) is 10.5 Å². The lowest BCUT2D eigenvalue weighted by Gasteiger charge is -2.49. The number of nitrogens with zero attached hydrogens (tertiary/aromatic N) is 3. The van der Waals surface area contributed by atoms with Crippen LogP contribution in [-0.4, -0.2) is 13.1 Å². The van der Waals surface area contributed by atoms with Gasteiger partial charge in [0.25, 0.3) is 0 Å². The Labute approximate surface area is 207 Å². The van der Waals surface area contributed by atoms with Crippen LogP contribution in [0.4, 0.5) is 5.69 Å². The van der Waals surface area contributed by atoms with Gasteiger partial charge in [-0.15, -0.1) is 0 Å². The van der Waals surface area contributed by atoms with E-state index in [1.54, 1.807) is 12.2 Å².